The number of pyridine rings is 1. The zero-order valence-corrected chi connectivity index (χ0v) is 24.6. The molecule has 3 heterocycles. The Morgan fingerprint density at radius 1 is 1.00 bits per heavy atom. The van der Waals surface area contributed by atoms with Crippen LogP contribution in [0.3, 0.4) is 0 Å². The lowest BCUT2D eigenvalue weighted by molar-refractivity contribution is 0.0953. The monoisotopic (exact) mass is 607 g/mol. The predicted octanol–water partition coefficient (Wildman–Crippen LogP) is 5.36. The second-order valence-electron chi connectivity index (χ2n) is 10.1. The number of ether oxygens (including phenoxy) is 2. The van der Waals surface area contributed by atoms with E-state index in [1.807, 2.05) is 78.3 Å². The molecule has 0 aliphatic rings. The third-order valence-electron chi connectivity index (χ3n) is 7.08. The molecule has 0 bridgehead atoms. The Labute approximate surface area is 256 Å². The van der Waals surface area contributed by atoms with Gasteiger partial charge in [0.05, 0.1) is 21.5 Å². The zero-order chi connectivity index (χ0) is 30.5. The Balaban J connectivity index is 1.03. The van der Waals surface area contributed by atoms with Crippen molar-refractivity contribution in [3.63, 3.8) is 0 Å². The van der Waals surface area contributed by atoms with Crippen LogP contribution in [0.1, 0.15) is 32.2 Å². The molecule has 0 spiro atoms. The molecule has 0 radical (unpaired) electrons. The minimum Gasteiger partial charge on any atom is -0.494 e. The van der Waals surface area contributed by atoms with E-state index in [0.29, 0.717) is 47.1 Å². The van der Waals surface area contributed by atoms with Crippen LogP contribution < -0.4 is 19.7 Å². The number of carbonyl (C=O) groups is 1. The van der Waals surface area contributed by atoms with Gasteiger partial charge in [0.25, 0.3) is 5.91 Å². The number of H-pyrrole nitrogens is 1. The van der Waals surface area contributed by atoms with Gasteiger partial charge in [0.15, 0.2) is 0 Å². The minimum atomic E-state index is -0.273. The number of benzene rings is 3. The van der Waals surface area contributed by atoms with Crippen molar-refractivity contribution >= 4 is 28.3 Å². The highest BCUT2D eigenvalue weighted by atomic mass is 32.1. The number of aromatic hydroxyl groups is 1. The number of hydrogen-bond donors (Lipinski definition) is 3. The van der Waals surface area contributed by atoms with Gasteiger partial charge < -0.3 is 24.5 Å². The van der Waals surface area contributed by atoms with Crippen molar-refractivity contribution in [1.29, 1.82) is 0 Å². The molecule has 3 aromatic heterocycles. The van der Waals surface area contributed by atoms with Crippen LogP contribution in [-0.2, 0) is 26.5 Å². The molecule has 6 rings (SSSR count). The molecule has 0 aliphatic heterocycles. The van der Waals surface area contributed by atoms with Crippen LogP contribution in [0.4, 0.5) is 0 Å². The molecule has 0 atom stereocenters. The first kappa shape index (κ1) is 28.7. The van der Waals surface area contributed by atoms with Crippen LogP contribution in [-0.4, -0.2) is 37.1 Å². The standard InChI is InChI=1S/C33H29N5O5S/c1-38-28-18-26(43-25-10-4-21(5-11-25)14-16-35-31(39)23-3-2-15-34-19-23)12-13-27(28)36-30(38)20-42-24-8-6-22(7-9-24)17-29-32(40)37-33(41)44-29/h2-13,15,18-19,40H,14,16-17,20H2,1H3,(H,35,39)(H,37,41). The Kier molecular flexibility index (Phi) is 8.37. The van der Waals surface area contributed by atoms with E-state index < -0.39 is 0 Å². The van der Waals surface area contributed by atoms with Gasteiger partial charge in [-0.2, -0.15) is 0 Å². The Morgan fingerprint density at radius 2 is 1.75 bits per heavy atom. The number of hydrogen-bond acceptors (Lipinski definition) is 8. The molecular formula is C33H29N5O5S. The number of rotatable bonds is 11. The Bertz CT molecular complexity index is 1950. The number of thiazole rings is 1. The molecule has 0 fully saturated rings. The fraction of sp³-hybridized carbons (Fsp3) is 0.152. The number of aromatic amines is 1. The maximum Gasteiger partial charge on any atom is 0.307 e. The summed E-state index contributed by atoms with van der Waals surface area (Å²) in [6, 6.07) is 24.6. The number of amides is 1. The largest absolute Gasteiger partial charge is 0.494 e. The summed E-state index contributed by atoms with van der Waals surface area (Å²) >= 11 is 1.00. The fourth-order valence-corrected chi connectivity index (χ4v) is 5.46. The molecule has 222 valence electrons. The smallest absolute Gasteiger partial charge is 0.307 e. The summed E-state index contributed by atoms with van der Waals surface area (Å²) in [5.74, 6) is 2.64. The molecule has 44 heavy (non-hydrogen) atoms. The second kappa shape index (κ2) is 12.8. The van der Waals surface area contributed by atoms with Crippen molar-refractivity contribution in [3.05, 3.63) is 128 Å². The molecule has 3 aromatic carbocycles. The van der Waals surface area contributed by atoms with E-state index in [-0.39, 0.29) is 23.3 Å². The zero-order valence-electron chi connectivity index (χ0n) is 23.8. The SMILES string of the molecule is Cn1c(COc2ccc(Cc3sc(=O)[nH]c3O)cc2)nc2ccc(Oc3ccc(CCNC(=O)c4cccnc4)cc3)cc21. The molecule has 0 aliphatic carbocycles. The van der Waals surface area contributed by atoms with Gasteiger partial charge in [-0.05, 0) is 66.1 Å². The predicted molar refractivity (Wildman–Crippen MR) is 168 cm³/mol. The van der Waals surface area contributed by atoms with Crippen molar-refractivity contribution in [3.8, 4) is 23.1 Å². The maximum absolute atomic E-state index is 12.2. The van der Waals surface area contributed by atoms with Crippen LogP contribution in [0, 0.1) is 0 Å². The first-order valence-electron chi connectivity index (χ1n) is 13.9. The van der Waals surface area contributed by atoms with Crippen molar-refractivity contribution in [2.75, 3.05) is 6.54 Å². The van der Waals surface area contributed by atoms with Gasteiger partial charge in [-0.15, -0.1) is 0 Å². The lowest BCUT2D eigenvalue weighted by Crippen LogP contribution is -2.25. The number of aryl methyl sites for hydroxylation is 1. The van der Waals surface area contributed by atoms with E-state index in [1.54, 1.807) is 24.5 Å². The normalized spacial score (nSPS) is 11.0. The number of nitrogens with zero attached hydrogens (tertiary/aromatic N) is 3. The number of fused-ring (bicyclic) bond motifs is 1. The van der Waals surface area contributed by atoms with Gasteiger partial charge in [-0.25, -0.2) is 4.98 Å². The number of aromatic nitrogens is 4. The Hall–Kier alpha value is -5.42. The third-order valence-corrected chi connectivity index (χ3v) is 7.95. The average molecular weight is 608 g/mol. The summed E-state index contributed by atoms with van der Waals surface area (Å²) in [6.45, 7) is 0.803. The number of nitrogens with one attached hydrogen (secondary N) is 2. The molecule has 0 unspecified atom stereocenters. The number of imidazole rings is 1. The van der Waals surface area contributed by atoms with Gasteiger partial charge in [0, 0.05) is 38.5 Å². The highest BCUT2D eigenvalue weighted by Crippen LogP contribution is 2.27. The van der Waals surface area contributed by atoms with Crippen LogP contribution in [0.5, 0.6) is 23.1 Å². The van der Waals surface area contributed by atoms with E-state index >= 15 is 0 Å². The van der Waals surface area contributed by atoms with E-state index in [1.165, 1.54) is 0 Å². The van der Waals surface area contributed by atoms with Crippen LogP contribution >= 0.6 is 11.3 Å². The molecule has 6 aromatic rings. The highest BCUT2D eigenvalue weighted by molar-refractivity contribution is 7.09. The lowest BCUT2D eigenvalue weighted by Gasteiger charge is -2.09. The highest BCUT2D eigenvalue weighted by Gasteiger charge is 2.12. The van der Waals surface area contributed by atoms with Crippen molar-refractivity contribution < 1.29 is 19.4 Å². The number of carbonyl (C=O) groups excluding carboxylic acids is 1. The first-order valence-corrected chi connectivity index (χ1v) is 14.8. The molecule has 1 amide bonds. The van der Waals surface area contributed by atoms with E-state index in [0.717, 1.165) is 39.3 Å². The van der Waals surface area contributed by atoms with Gasteiger partial charge >= 0.3 is 4.87 Å². The van der Waals surface area contributed by atoms with Gasteiger partial charge in [0.2, 0.25) is 5.88 Å². The van der Waals surface area contributed by atoms with E-state index in [2.05, 4.69) is 15.3 Å². The summed E-state index contributed by atoms with van der Waals surface area (Å²) in [4.78, 5) is 35.0. The van der Waals surface area contributed by atoms with Gasteiger partial charge in [-0.3, -0.25) is 19.6 Å². The molecule has 10 nitrogen and oxygen atoms in total. The lowest BCUT2D eigenvalue weighted by atomic mass is 10.1. The summed E-state index contributed by atoms with van der Waals surface area (Å²) in [5, 5.41) is 12.7. The first-order chi connectivity index (χ1) is 21.4. The van der Waals surface area contributed by atoms with Crippen LogP contribution in [0.2, 0.25) is 0 Å². The Morgan fingerprint density at radius 3 is 2.48 bits per heavy atom. The van der Waals surface area contributed by atoms with Crippen LogP contribution in [0.25, 0.3) is 11.0 Å². The minimum absolute atomic E-state index is 0.0785. The van der Waals surface area contributed by atoms with Gasteiger partial charge in [-0.1, -0.05) is 35.6 Å². The van der Waals surface area contributed by atoms with E-state index in [4.69, 9.17) is 14.5 Å². The van der Waals surface area contributed by atoms with Crippen molar-refractivity contribution in [2.24, 2.45) is 7.05 Å². The average Bonchev–Trinajstić information content (AvgIpc) is 3.53. The molecule has 11 heteroatoms. The maximum atomic E-state index is 12.2. The summed E-state index contributed by atoms with van der Waals surface area (Å²) in [7, 11) is 1.94. The summed E-state index contributed by atoms with van der Waals surface area (Å²) < 4.78 is 14.1. The van der Waals surface area contributed by atoms with Crippen LogP contribution in [0.15, 0.2) is 96.1 Å². The molecule has 3 N–H and O–H groups in total. The fourth-order valence-electron chi connectivity index (χ4n) is 4.70. The van der Waals surface area contributed by atoms with Crippen molar-refractivity contribution in [1.82, 2.24) is 24.8 Å². The summed E-state index contributed by atoms with van der Waals surface area (Å²) in [6.07, 6.45) is 4.35. The third kappa shape index (κ3) is 6.79. The van der Waals surface area contributed by atoms with E-state index in [9.17, 15) is 14.7 Å². The van der Waals surface area contributed by atoms with Crippen molar-refractivity contribution in [2.45, 2.75) is 19.4 Å². The topological polar surface area (TPSA) is 131 Å². The molecular weight excluding hydrogens is 578 g/mol. The van der Waals surface area contributed by atoms with Gasteiger partial charge in [0.1, 0.15) is 29.7 Å². The summed E-state index contributed by atoms with van der Waals surface area (Å²) in [5.41, 5.74) is 4.34. The molecule has 0 saturated carbocycles. The molecule has 0 saturated heterocycles. The quantitative estimate of drug-likeness (QED) is 0.181. The second-order valence-corrected chi connectivity index (χ2v) is 11.2.